The second-order valence-electron chi connectivity index (χ2n) is 3.89. The molecule has 2 aromatic rings. The van der Waals surface area contributed by atoms with E-state index in [1.165, 1.54) is 0 Å². The predicted molar refractivity (Wildman–Crippen MR) is 81.7 cm³/mol. The van der Waals surface area contributed by atoms with Crippen molar-refractivity contribution >= 4 is 52.7 Å². The van der Waals surface area contributed by atoms with E-state index in [9.17, 15) is 4.79 Å². The molecule has 0 aliphatic rings. The van der Waals surface area contributed by atoms with Gasteiger partial charge < -0.3 is 4.79 Å². The highest BCUT2D eigenvalue weighted by Gasteiger charge is 2.14. The minimum atomic E-state index is 0.204. The lowest BCUT2D eigenvalue weighted by molar-refractivity contribution is -0.107. The Labute approximate surface area is 131 Å². The molecule has 2 rings (SSSR count). The van der Waals surface area contributed by atoms with Crippen LogP contribution in [0.3, 0.4) is 0 Å². The van der Waals surface area contributed by atoms with Crippen LogP contribution in [0.5, 0.6) is 0 Å². The molecule has 1 nitrogen and oxygen atoms in total. The molecule has 5 heteroatoms. The van der Waals surface area contributed by atoms with Gasteiger partial charge in [-0.2, -0.15) is 0 Å². The molecule has 2 aromatic carbocycles. The zero-order valence-electron chi connectivity index (χ0n) is 9.59. The van der Waals surface area contributed by atoms with Crippen molar-refractivity contribution in [2.45, 2.75) is 6.42 Å². The molecule has 0 spiro atoms. The molecule has 0 radical (unpaired) electrons. The van der Waals surface area contributed by atoms with Crippen molar-refractivity contribution in [3.8, 4) is 11.1 Å². The number of hydrogen-bond donors (Lipinski definition) is 0. The Morgan fingerprint density at radius 3 is 2.37 bits per heavy atom. The maximum absolute atomic E-state index is 10.8. The lowest BCUT2D eigenvalue weighted by atomic mass is 9.98. The SMILES string of the molecule is O=CCc1c(Cl)cccc1-c1cc(Cl)cc(Cl)c1Cl. The van der Waals surface area contributed by atoms with Gasteiger partial charge in [0, 0.05) is 22.0 Å². The molecule has 0 aliphatic carbocycles. The van der Waals surface area contributed by atoms with E-state index in [1.807, 2.05) is 6.07 Å². The molecule has 0 atom stereocenters. The summed E-state index contributed by atoms with van der Waals surface area (Å²) in [6.45, 7) is 0. The quantitative estimate of drug-likeness (QED) is 0.519. The molecule has 0 saturated heterocycles. The number of carbonyl (C=O) groups is 1. The molecule has 0 aliphatic heterocycles. The Bertz CT molecular complexity index is 638. The second-order valence-corrected chi connectivity index (χ2v) is 5.51. The van der Waals surface area contributed by atoms with Crippen LogP contribution in [0.25, 0.3) is 11.1 Å². The fraction of sp³-hybridized carbons (Fsp3) is 0.0714. The van der Waals surface area contributed by atoms with Crippen LogP contribution in [0.2, 0.25) is 20.1 Å². The van der Waals surface area contributed by atoms with Gasteiger partial charge in [-0.3, -0.25) is 0 Å². The third kappa shape index (κ3) is 3.06. The van der Waals surface area contributed by atoms with Crippen molar-refractivity contribution in [2.75, 3.05) is 0 Å². The van der Waals surface area contributed by atoms with Crippen LogP contribution in [0, 0.1) is 0 Å². The molecule has 98 valence electrons. The molecule has 0 heterocycles. The van der Waals surface area contributed by atoms with Crippen LogP contribution < -0.4 is 0 Å². The summed E-state index contributed by atoms with van der Waals surface area (Å²) in [5.74, 6) is 0. The summed E-state index contributed by atoms with van der Waals surface area (Å²) in [5, 5.41) is 1.74. The van der Waals surface area contributed by atoms with Crippen molar-refractivity contribution in [3.63, 3.8) is 0 Å². The normalized spacial score (nSPS) is 10.5. The van der Waals surface area contributed by atoms with Gasteiger partial charge in [-0.15, -0.1) is 0 Å². The Hall–Kier alpha value is -0.730. The summed E-state index contributed by atoms with van der Waals surface area (Å²) in [6.07, 6.45) is 1.00. The molecule has 0 bridgehead atoms. The molecule has 0 amide bonds. The van der Waals surface area contributed by atoms with E-state index in [4.69, 9.17) is 46.4 Å². The van der Waals surface area contributed by atoms with Crippen LogP contribution in [0.1, 0.15) is 5.56 Å². The highest BCUT2D eigenvalue weighted by Crippen LogP contribution is 2.39. The third-order valence-corrected chi connectivity index (χ3v) is 4.06. The van der Waals surface area contributed by atoms with E-state index < -0.39 is 0 Å². The average molecular weight is 334 g/mol. The van der Waals surface area contributed by atoms with Gasteiger partial charge >= 0.3 is 0 Å². The smallest absolute Gasteiger partial charge is 0.124 e. The first kappa shape index (κ1) is 14.7. The van der Waals surface area contributed by atoms with Crippen molar-refractivity contribution in [1.82, 2.24) is 0 Å². The summed E-state index contributed by atoms with van der Waals surface area (Å²) in [4.78, 5) is 10.8. The maximum Gasteiger partial charge on any atom is 0.124 e. The zero-order chi connectivity index (χ0) is 14.0. The molecule has 0 saturated carbocycles. The average Bonchev–Trinajstić information content (AvgIpc) is 2.36. The Kier molecular flexibility index (Phi) is 4.75. The largest absolute Gasteiger partial charge is 0.303 e. The molecular weight excluding hydrogens is 326 g/mol. The molecule has 0 N–H and O–H groups in total. The molecule has 0 aromatic heterocycles. The van der Waals surface area contributed by atoms with Gasteiger partial charge in [0.25, 0.3) is 0 Å². The van der Waals surface area contributed by atoms with Gasteiger partial charge in [-0.25, -0.2) is 0 Å². The van der Waals surface area contributed by atoms with Gasteiger partial charge in [0.15, 0.2) is 0 Å². The van der Waals surface area contributed by atoms with E-state index in [-0.39, 0.29) is 6.42 Å². The fourth-order valence-electron chi connectivity index (χ4n) is 1.85. The summed E-state index contributed by atoms with van der Waals surface area (Å²) in [6, 6.07) is 8.62. The first-order valence-corrected chi connectivity index (χ1v) is 6.91. The summed E-state index contributed by atoms with van der Waals surface area (Å²) in [7, 11) is 0. The number of benzene rings is 2. The van der Waals surface area contributed by atoms with E-state index in [0.717, 1.165) is 11.8 Å². The zero-order valence-corrected chi connectivity index (χ0v) is 12.6. The van der Waals surface area contributed by atoms with Gasteiger partial charge in [0.05, 0.1) is 10.0 Å². The molecule has 0 fully saturated rings. The van der Waals surface area contributed by atoms with E-state index in [0.29, 0.717) is 31.2 Å². The standard InChI is InChI=1S/C14H8Cl4O/c15-8-6-11(14(18)13(17)7-8)9-2-1-3-12(16)10(9)4-5-19/h1-3,5-7H,4H2. The van der Waals surface area contributed by atoms with Crippen LogP contribution in [0.4, 0.5) is 0 Å². The third-order valence-electron chi connectivity index (χ3n) is 2.69. The van der Waals surface area contributed by atoms with E-state index in [1.54, 1.807) is 24.3 Å². The van der Waals surface area contributed by atoms with Crippen molar-refractivity contribution in [1.29, 1.82) is 0 Å². The Morgan fingerprint density at radius 1 is 0.947 bits per heavy atom. The second kappa shape index (κ2) is 6.15. The van der Waals surface area contributed by atoms with Crippen molar-refractivity contribution in [2.24, 2.45) is 0 Å². The van der Waals surface area contributed by atoms with Gasteiger partial charge in [0.1, 0.15) is 6.29 Å². The van der Waals surface area contributed by atoms with Crippen molar-refractivity contribution in [3.05, 3.63) is 56.0 Å². The number of aldehydes is 1. The van der Waals surface area contributed by atoms with E-state index >= 15 is 0 Å². The van der Waals surface area contributed by atoms with Crippen LogP contribution in [-0.2, 0) is 11.2 Å². The minimum Gasteiger partial charge on any atom is -0.303 e. The number of halogens is 4. The lowest BCUT2D eigenvalue weighted by Gasteiger charge is -2.12. The Balaban J connectivity index is 2.72. The predicted octanol–water partition coefficient (Wildman–Crippen LogP) is 5.71. The van der Waals surface area contributed by atoms with Gasteiger partial charge in [-0.05, 0) is 29.3 Å². The highest BCUT2D eigenvalue weighted by molar-refractivity contribution is 6.45. The van der Waals surface area contributed by atoms with Gasteiger partial charge in [0.2, 0.25) is 0 Å². The first-order valence-electron chi connectivity index (χ1n) is 5.40. The maximum atomic E-state index is 10.8. The van der Waals surface area contributed by atoms with E-state index in [2.05, 4.69) is 0 Å². The molecular formula is C14H8Cl4O. The number of hydrogen-bond acceptors (Lipinski definition) is 1. The minimum absolute atomic E-state index is 0.204. The Morgan fingerprint density at radius 2 is 1.68 bits per heavy atom. The van der Waals surface area contributed by atoms with Gasteiger partial charge in [-0.1, -0.05) is 58.5 Å². The van der Waals surface area contributed by atoms with Crippen molar-refractivity contribution < 1.29 is 4.79 Å². The van der Waals surface area contributed by atoms with Crippen LogP contribution >= 0.6 is 46.4 Å². The van der Waals surface area contributed by atoms with Crippen LogP contribution in [0.15, 0.2) is 30.3 Å². The summed E-state index contributed by atoms with van der Waals surface area (Å²) < 4.78 is 0. The molecule has 19 heavy (non-hydrogen) atoms. The van der Waals surface area contributed by atoms with Crippen LogP contribution in [-0.4, -0.2) is 6.29 Å². The monoisotopic (exact) mass is 332 g/mol. The number of rotatable bonds is 3. The molecule has 0 unspecified atom stereocenters. The number of carbonyl (C=O) groups excluding carboxylic acids is 1. The summed E-state index contributed by atoms with van der Waals surface area (Å²) in [5.41, 5.74) is 2.13. The first-order chi connectivity index (χ1) is 9.04. The summed E-state index contributed by atoms with van der Waals surface area (Å²) >= 11 is 24.3. The fourth-order valence-corrected chi connectivity index (χ4v) is 2.81. The topological polar surface area (TPSA) is 17.1 Å². The highest BCUT2D eigenvalue weighted by atomic mass is 35.5. The lowest BCUT2D eigenvalue weighted by Crippen LogP contribution is -1.93.